The molecule has 0 radical (unpaired) electrons. The Morgan fingerprint density at radius 3 is 2.68 bits per heavy atom. The van der Waals surface area contributed by atoms with E-state index in [2.05, 4.69) is 15.1 Å². The first kappa shape index (κ1) is 20.2. The maximum Gasteiger partial charge on any atom is 0.222 e. The van der Waals surface area contributed by atoms with Gasteiger partial charge in [0.05, 0.1) is 31.2 Å². The number of aliphatic hydroxyl groups is 2. The number of ether oxygens (including phenoxy) is 1. The molecule has 2 aromatic heterocycles. The average Bonchev–Trinajstić information content (AvgIpc) is 2.97. The highest BCUT2D eigenvalue weighted by atomic mass is 35.5. The Kier molecular flexibility index (Phi) is 6.58. The van der Waals surface area contributed by atoms with E-state index in [9.17, 15) is 5.11 Å². The monoisotopic (exact) mass is 403 g/mol. The molecule has 0 aliphatic carbocycles. The van der Waals surface area contributed by atoms with Crippen molar-refractivity contribution in [3.63, 3.8) is 0 Å². The molecule has 0 bridgehead atoms. The number of hydrogen-bond acceptors (Lipinski definition) is 7. The summed E-state index contributed by atoms with van der Waals surface area (Å²) in [6.07, 6.45) is -0.321. The lowest BCUT2D eigenvalue weighted by molar-refractivity contribution is -0.00171. The van der Waals surface area contributed by atoms with Crippen LogP contribution in [0.25, 0.3) is 11.4 Å². The van der Waals surface area contributed by atoms with Gasteiger partial charge < -0.3 is 20.7 Å². The Balaban J connectivity index is 1.99. The van der Waals surface area contributed by atoms with Gasteiger partial charge in [-0.15, -0.1) is 0 Å². The zero-order valence-electron chi connectivity index (χ0n) is 15.4. The van der Waals surface area contributed by atoms with E-state index in [1.165, 1.54) is 0 Å². The highest BCUT2D eigenvalue weighted by molar-refractivity contribution is 6.29. The molecule has 1 unspecified atom stereocenters. The molecule has 0 aliphatic rings. The molecule has 8 nitrogen and oxygen atoms in total. The molecule has 3 rings (SSSR count). The molecule has 1 atom stereocenters. The van der Waals surface area contributed by atoms with Gasteiger partial charge in [0.25, 0.3) is 0 Å². The van der Waals surface area contributed by atoms with Crippen LogP contribution in [0.1, 0.15) is 16.8 Å². The van der Waals surface area contributed by atoms with E-state index >= 15 is 0 Å². The third kappa shape index (κ3) is 4.85. The van der Waals surface area contributed by atoms with E-state index in [4.69, 9.17) is 27.2 Å². The number of benzene rings is 1. The fraction of sp³-hybridized carbons (Fsp3) is 0.316. The summed E-state index contributed by atoms with van der Waals surface area (Å²) < 4.78 is 7.29. The van der Waals surface area contributed by atoms with Gasteiger partial charge in [-0.25, -0.2) is 9.97 Å². The maximum absolute atomic E-state index is 9.51. The summed E-state index contributed by atoms with van der Waals surface area (Å²) in [4.78, 5) is 8.18. The minimum atomic E-state index is -0.925. The minimum absolute atomic E-state index is 0.0219. The Morgan fingerprint density at radius 1 is 1.25 bits per heavy atom. The van der Waals surface area contributed by atoms with Crippen molar-refractivity contribution in [2.24, 2.45) is 7.05 Å². The molecule has 0 aliphatic heterocycles. The summed E-state index contributed by atoms with van der Waals surface area (Å²) in [6.45, 7) is -0.114. The standard InChI is InChI=1S/C19H22ClN5O3/c1-25-16(11-28-10-13(27)9-26)14(7-12-5-3-2-4-6-12)18(24-25)15-8-17(20)23-19(21)22-15/h2-6,8,13,26-27H,7,9-11H2,1H3,(H2,21,22,23). The molecule has 9 heteroatoms. The van der Waals surface area contributed by atoms with Gasteiger partial charge in [0.15, 0.2) is 0 Å². The molecular weight excluding hydrogens is 382 g/mol. The summed E-state index contributed by atoms with van der Waals surface area (Å²) in [5, 5.41) is 23.3. The van der Waals surface area contributed by atoms with Gasteiger partial charge in [0, 0.05) is 25.1 Å². The second-order valence-corrected chi connectivity index (χ2v) is 6.73. The lowest BCUT2D eigenvalue weighted by Crippen LogP contribution is -2.19. The van der Waals surface area contributed by atoms with Crippen LogP contribution in [0.3, 0.4) is 0 Å². The van der Waals surface area contributed by atoms with E-state index in [1.807, 2.05) is 37.4 Å². The predicted molar refractivity (Wildman–Crippen MR) is 106 cm³/mol. The van der Waals surface area contributed by atoms with Crippen LogP contribution < -0.4 is 5.73 Å². The fourth-order valence-corrected chi connectivity index (χ4v) is 3.07. The topological polar surface area (TPSA) is 119 Å². The number of nitrogen functional groups attached to an aromatic ring is 1. The first-order chi connectivity index (χ1) is 13.5. The van der Waals surface area contributed by atoms with Crippen molar-refractivity contribution >= 4 is 17.5 Å². The van der Waals surface area contributed by atoms with Gasteiger partial charge in [0.1, 0.15) is 17.0 Å². The number of halogens is 1. The quantitative estimate of drug-likeness (QED) is 0.488. The van der Waals surface area contributed by atoms with Crippen molar-refractivity contribution in [2.45, 2.75) is 19.1 Å². The zero-order valence-corrected chi connectivity index (χ0v) is 16.2. The molecule has 28 heavy (non-hydrogen) atoms. The average molecular weight is 404 g/mol. The molecule has 0 amide bonds. The summed E-state index contributed by atoms with van der Waals surface area (Å²) in [5.74, 6) is 0.0719. The second kappa shape index (κ2) is 9.11. The number of aliphatic hydroxyl groups excluding tert-OH is 2. The van der Waals surface area contributed by atoms with Crippen molar-refractivity contribution < 1.29 is 14.9 Å². The summed E-state index contributed by atoms with van der Waals surface area (Å²) >= 11 is 6.05. The zero-order chi connectivity index (χ0) is 20.1. The number of hydrogen-bond donors (Lipinski definition) is 3. The van der Waals surface area contributed by atoms with Crippen LogP contribution in [0.4, 0.5) is 5.95 Å². The molecule has 148 valence electrons. The summed E-state index contributed by atoms with van der Waals surface area (Å²) in [6, 6.07) is 11.6. The van der Waals surface area contributed by atoms with Crippen LogP contribution in [0.2, 0.25) is 5.15 Å². The van der Waals surface area contributed by atoms with E-state index in [0.717, 1.165) is 16.8 Å². The summed E-state index contributed by atoms with van der Waals surface area (Å²) in [7, 11) is 1.81. The highest BCUT2D eigenvalue weighted by Crippen LogP contribution is 2.28. The predicted octanol–water partition coefficient (Wildman–Crippen LogP) is 1.57. The molecule has 0 saturated heterocycles. The van der Waals surface area contributed by atoms with E-state index in [-0.39, 0.29) is 30.9 Å². The SMILES string of the molecule is Cn1nc(-c2cc(Cl)nc(N)n2)c(Cc2ccccc2)c1COCC(O)CO. The van der Waals surface area contributed by atoms with Gasteiger partial charge in [-0.05, 0) is 5.56 Å². The number of rotatable bonds is 8. The van der Waals surface area contributed by atoms with Crippen molar-refractivity contribution in [1.82, 2.24) is 19.7 Å². The van der Waals surface area contributed by atoms with Crippen LogP contribution >= 0.6 is 11.6 Å². The van der Waals surface area contributed by atoms with E-state index < -0.39 is 6.10 Å². The number of aryl methyl sites for hydroxylation is 1. The van der Waals surface area contributed by atoms with Crippen LogP contribution in [0, 0.1) is 0 Å². The fourth-order valence-electron chi connectivity index (χ4n) is 2.88. The molecular formula is C19H22ClN5O3. The number of nitrogens with two attached hydrogens (primary N) is 1. The van der Waals surface area contributed by atoms with E-state index in [0.29, 0.717) is 17.8 Å². The Labute approximate surface area is 167 Å². The second-order valence-electron chi connectivity index (χ2n) is 6.35. The van der Waals surface area contributed by atoms with Crippen LogP contribution in [0.5, 0.6) is 0 Å². The molecule has 2 heterocycles. The molecule has 3 aromatic rings. The van der Waals surface area contributed by atoms with Crippen LogP contribution in [0.15, 0.2) is 36.4 Å². The molecule has 0 saturated carbocycles. The number of anilines is 1. The van der Waals surface area contributed by atoms with E-state index in [1.54, 1.807) is 10.7 Å². The van der Waals surface area contributed by atoms with Gasteiger partial charge in [0.2, 0.25) is 5.95 Å². The number of nitrogens with zero attached hydrogens (tertiary/aromatic N) is 4. The highest BCUT2D eigenvalue weighted by Gasteiger charge is 2.20. The molecule has 4 N–H and O–H groups in total. The van der Waals surface area contributed by atoms with Gasteiger partial charge in [-0.3, -0.25) is 4.68 Å². The Bertz CT molecular complexity index is 913. The smallest absolute Gasteiger partial charge is 0.222 e. The van der Waals surface area contributed by atoms with Crippen molar-refractivity contribution in [2.75, 3.05) is 18.9 Å². The van der Waals surface area contributed by atoms with Gasteiger partial charge >= 0.3 is 0 Å². The normalized spacial score (nSPS) is 12.3. The third-order valence-electron chi connectivity index (χ3n) is 4.21. The van der Waals surface area contributed by atoms with Crippen molar-refractivity contribution in [3.05, 3.63) is 58.4 Å². The first-order valence-electron chi connectivity index (χ1n) is 8.73. The van der Waals surface area contributed by atoms with Crippen LogP contribution in [-0.2, 0) is 24.8 Å². The Hall–Kier alpha value is -2.52. The van der Waals surface area contributed by atoms with Gasteiger partial charge in [-0.1, -0.05) is 41.9 Å². The third-order valence-corrected chi connectivity index (χ3v) is 4.41. The lowest BCUT2D eigenvalue weighted by atomic mass is 10.0. The summed E-state index contributed by atoms with van der Waals surface area (Å²) in [5.41, 5.74) is 9.77. The molecule has 0 spiro atoms. The number of aromatic nitrogens is 4. The van der Waals surface area contributed by atoms with Crippen molar-refractivity contribution in [1.29, 1.82) is 0 Å². The van der Waals surface area contributed by atoms with Crippen LogP contribution in [-0.4, -0.2) is 49.3 Å². The Morgan fingerprint density at radius 2 is 2.00 bits per heavy atom. The molecule has 1 aromatic carbocycles. The molecule has 0 fully saturated rings. The largest absolute Gasteiger partial charge is 0.394 e. The lowest BCUT2D eigenvalue weighted by Gasteiger charge is -2.11. The minimum Gasteiger partial charge on any atom is -0.394 e. The van der Waals surface area contributed by atoms with Crippen molar-refractivity contribution in [3.8, 4) is 11.4 Å². The first-order valence-corrected chi connectivity index (χ1v) is 9.11. The maximum atomic E-state index is 9.51. The van der Waals surface area contributed by atoms with Gasteiger partial charge in [-0.2, -0.15) is 5.10 Å².